The second kappa shape index (κ2) is 27.3. The van der Waals surface area contributed by atoms with Crippen LogP contribution in [0.25, 0.3) is 10.4 Å². The van der Waals surface area contributed by atoms with Gasteiger partial charge < -0.3 is 47.4 Å². The van der Waals surface area contributed by atoms with Gasteiger partial charge in [-0.25, -0.2) is 0 Å². The highest BCUT2D eigenvalue weighted by Gasteiger charge is 2.54. The maximum absolute atomic E-state index is 10.00. The van der Waals surface area contributed by atoms with Crippen LogP contribution in [0.4, 0.5) is 0 Å². The molecule has 2 aliphatic heterocycles. The highest BCUT2D eigenvalue weighted by Crippen LogP contribution is 2.37. The van der Waals surface area contributed by atoms with Gasteiger partial charge in [0, 0.05) is 4.91 Å². The van der Waals surface area contributed by atoms with E-state index in [0.717, 1.165) is 33.4 Å². The Balaban J connectivity index is 1.19. The molecule has 13 heteroatoms. The maximum atomic E-state index is 10.00. The van der Waals surface area contributed by atoms with Gasteiger partial charge in [0.05, 0.1) is 52.9 Å². The Morgan fingerprint density at radius 2 is 0.786 bits per heavy atom. The number of rotatable bonds is 25. The zero-order chi connectivity index (χ0) is 48.0. The standard InChI is InChI=1S/C57H59N3O10/c1-2-33-63-50-48(40-61-34-42-21-9-3-10-22-42)69-57(55(67-39-47-31-19-8-20-32-47)52(50)64-36-44-25-13-5-14-26-44)70-51-49(41-62-35-43-23-11-4-12-24-43)68-56(59-60-58)54(66-38-46-29-17-7-18-30-46)53(51)65-37-45-27-15-6-16-28-45/h1,3-32,48-57H,33-41H2/t48-,49-,50-,51-,52+,53+,54+,55+,56+,57-/m1/s1. The molecule has 362 valence electrons. The first kappa shape index (κ1) is 50.2. The van der Waals surface area contributed by atoms with Crippen molar-refractivity contribution in [2.75, 3.05) is 19.8 Å². The molecule has 10 atom stereocenters. The number of azide groups is 1. The van der Waals surface area contributed by atoms with E-state index in [1.165, 1.54) is 0 Å². The van der Waals surface area contributed by atoms with Crippen LogP contribution in [0.1, 0.15) is 33.4 Å². The average molecular weight is 946 g/mol. The summed E-state index contributed by atoms with van der Waals surface area (Å²) in [4.78, 5) is 3.21. The molecule has 2 aliphatic rings. The van der Waals surface area contributed by atoms with Crippen molar-refractivity contribution in [3.63, 3.8) is 0 Å². The smallest absolute Gasteiger partial charge is 0.187 e. The van der Waals surface area contributed by atoms with Gasteiger partial charge in [0.1, 0.15) is 55.4 Å². The average Bonchev–Trinajstić information content (AvgIpc) is 3.41. The fourth-order valence-corrected chi connectivity index (χ4v) is 8.49. The first-order valence-electron chi connectivity index (χ1n) is 23.6. The molecule has 2 saturated heterocycles. The second-order valence-corrected chi connectivity index (χ2v) is 16.9. The summed E-state index contributed by atoms with van der Waals surface area (Å²) in [5.41, 5.74) is 15.6. The summed E-state index contributed by atoms with van der Waals surface area (Å²) in [6, 6.07) is 58.9. The normalized spacial score (nSPS) is 24.3. The Kier molecular flexibility index (Phi) is 19.5. The van der Waals surface area contributed by atoms with Crippen molar-refractivity contribution >= 4 is 0 Å². The Morgan fingerprint density at radius 3 is 1.19 bits per heavy atom. The third kappa shape index (κ3) is 14.7. The minimum atomic E-state index is -1.17. The lowest BCUT2D eigenvalue weighted by atomic mass is 9.95. The first-order valence-corrected chi connectivity index (χ1v) is 23.6. The molecule has 0 aromatic heterocycles. The molecule has 0 spiro atoms. The van der Waals surface area contributed by atoms with E-state index in [2.05, 4.69) is 15.9 Å². The van der Waals surface area contributed by atoms with Crippen molar-refractivity contribution in [3.05, 3.63) is 226 Å². The summed E-state index contributed by atoms with van der Waals surface area (Å²) in [7, 11) is 0. The van der Waals surface area contributed by atoms with Gasteiger partial charge >= 0.3 is 0 Å². The Labute approximate surface area is 410 Å². The van der Waals surface area contributed by atoms with Crippen LogP contribution in [0.3, 0.4) is 0 Å². The molecule has 2 heterocycles. The monoisotopic (exact) mass is 945 g/mol. The molecular formula is C57H59N3O10. The summed E-state index contributed by atoms with van der Waals surface area (Å²) >= 11 is 0. The van der Waals surface area contributed by atoms with E-state index < -0.39 is 61.3 Å². The van der Waals surface area contributed by atoms with Crippen LogP contribution in [0.2, 0.25) is 0 Å². The molecule has 0 aliphatic carbocycles. The van der Waals surface area contributed by atoms with E-state index in [1.54, 1.807) is 0 Å². The summed E-state index contributed by atoms with van der Waals surface area (Å²) in [6.07, 6.45) is -3.51. The van der Waals surface area contributed by atoms with Gasteiger partial charge in [-0.3, -0.25) is 0 Å². The Hall–Kier alpha value is -6.21. The van der Waals surface area contributed by atoms with Gasteiger partial charge in [-0.15, -0.1) is 6.42 Å². The van der Waals surface area contributed by atoms with Crippen LogP contribution in [0.15, 0.2) is 187 Å². The van der Waals surface area contributed by atoms with Gasteiger partial charge in [0.15, 0.2) is 12.5 Å². The summed E-state index contributed by atoms with van der Waals surface area (Å²) < 4.78 is 68.0. The minimum Gasteiger partial charge on any atom is -0.374 e. The molecule has 0 radical (unpaired) electrons. The fraction of sp³-hybridized carbons (Fsp3) is 0.333. The van der Waals surface area contributed by atoms with Crippen LogP contribution in [0.5, 0.6) is 0 Å². The van der Waals surface area contributed by atoms with E-state index >= 15 is 0 Å². The van der Waals surface area contributed by atoms with Gasteiger partial charge in [-0.2, -0.15) is 0 Å². The van der Waals surface area contributed by atoms with E-state index in [0.29, 0.717) is 6.61 Å². The van der Waals surface area contributed by atoms with Crippen molar-refractivity contribution in [1.82, 2.24) is 0 Å². The SMILES string of the molecule is C#CCO[C@H]1[C@H](OCc2ccccc2)[C@H](OCc2ccccc2)[C@@H](O[C@H]2[C@H](OCc3ccccc3)[C@H](OCc3ccccc3)[C@@H](N=[N+]=[N-])O[C@@H]2COCc2ccccc2)O[C@@H]1COCc1ccccc1. The molecule has 6 aromatic rings. The predicted molar refractivity (Wildman–Crippen MR) is 262 cm³/mol. The van der Waals surface area contributed by atoms with Crippen molar-refractivity contribution in [1.29, 1.82) is 0 Å². The zero-order valence-corrected chi connectivity index (χ0v) is 39.0. The molecule has 8 rings (SSSR count). The predicted octanol–water partition coefficient (Wildman–Crippen LogP) is 9.93. The second-order valence-electron chi connectivity index (χ2n) is 16.9. The van der Waals surface area contributed by atoms with Crippen LogP contribution >= 0.6 is 0 Å². The van der Waals surface area contributed by atoms with E-state index in [4.69, 9.17) is 53.8 Å². The number of ether oxygens (including phenoxy) is 10. The molecule has 0 N–H and O–H groups in total. The number of hydrogen-bond acceptors (Lipinski definition) is 11. The van der Waals surface area contributed by atoms with Crippen molar-refractivity contribution in [2.45, 2.75) is 101 Å². The molecule has 0 unspecified atom stereocenters. The van der Waals surface area contributed by atoms with Crippen molar-refractivity contribution in [2.24, 2.45) is 5.11 Å². The molecule has 70 heavy (non-hydrogen) atoms. The van der Waals surface area contributed by atoms with Gasteiger partial charge in [0.2, 0.25) is 0 Å². The summed E-state index contributed by atoms with van der Waals surface area (Å²) in [5.74, 6) is 2.63. The van der Waals surface area contributed by atoms with Gasteiger partial charge in [-0.1, -0.05) is 193 Å². The van der Waals surface area contributed by atoms with Crippen LogP contribution in [-0.4, -0.2) is 81.2 Å². The highest BCUT2D eigenvalue weighted by molar-refractivity contribution is 5.18. The van der Waals surface area contributed by atoms with Crippen molar-refractivity contribution < 1.29 is 47.4 Å². The van der Waals surface area contributed by atoms with Crippen LogP contribution in [0, 0.1) is 12.3 Å². The minimum absolute atomic E-state index is 0.0152. The highest BCUT2D eigenvalue weighted by atomic mass is 16.7. The van der Waals surface area contributed by atoms with Crippen LogP contribution < -0.4 is 0 Å². The number of hydrogen-bond donors (Lipinski definition) is 0. The molecule has 13 nitrogen and oxygen atoms in total. The largest absolute Gasteiger partial charge is 0.374 e. The lowest BCUT2D eigenvalue weighted by Gasteiger charge is -2.50. The first-order chi connectivity index (χ1) is 34.6. The van der Waals surface area contributed by atoms with E-state index in [1.807, 2.05) is 182 Å². The third-order valence-corrected chi connectivity index (χ3v) is 11.9. The summed E-state index contributed by atoms with van der Waals surface area (Å²) in [6.45, 7) is 1.37. The quantitative estimate of drug-likeness (QED) is 0.0236. The molecular weight excluding hydrogens is 887 g/mol. The molecule has 0 amide bonds. The van der Waals surface area contributed by atoms with Crippen molar-refractivity contribution in [3.8, 4) is 12.3 Å². The lowest BCUT2D eigenvalue weighted by molar-refractivity contribution is -0.361. The Bertz CT molecular complexity index is 2480. The zero-order valence-electron chi connectivity index (χ0n) is 39.0. The van der Waals surface area contributed by atoms with Gasteiger partial charge in [0.25, 0.3) is 0 Å². The molecule has 0 saturated carbocycles. The Morgan fingerprint density at radius 1 is 0.429 bits per heavy atom. The molecule has 0 bridgehead atoms. The van der Waals surface area contributed by atoms with E-state index in [-0.39, 0.29) is 52.9 Å². The molecule has 2 fully saturated rings. The third-order valence-electron chi connectivity index (χ3n) is 11.9. The number of terminal acetylenes is 1. The molecule has 6 aromatic carbocycles. The lowest BCUT2D eigenvalue weighted by Crippen LogP contribution is -2.66. The fourth-order valence-electron chi connectivity index (χ4n) is 8.49. The maximum Gasteiger partial charge on any atom is 0.187 e. The number of benzene rings is 6. The number of nitrogens with zero attached hydrogens (tertiary/aromatic N) is 3. The topological polar surface area (TPSA) is 141 Å². The summed E-state index contributed by atoms with van der Waals surface area (Å²) in [5, 5.41) is 4.15. The van der Waals surface area contributed by atoms with Crippen LogP contribution in [-0.2, 0) is 87.0 Å². The van der Waals surface area contributed by atoms with Gasteiger partial charge in [-0.05, 0) is 38.9 Å². The van der Waals surface area contributed by atoms with E-state index in [9.17, 15) is 5.53 Å².